The van der Waals surface area contributed by atoms with Gasteiger partial charge in [-0.05, 0) is 39.9 Å². The lowest BCUT2D eigenvalue weighted by molar-refractivity contribution is -0.268. The van der Waals surface area contributed by atoms with Gasteiger partial charge in [-0.25, -0.2) is 26.7 Å². The molecule has 274 valence electrons. The van der Waals surface area contributed by atoms with Gasteiger partial charge in [-0.2, -0.15) is 0 Å². The SMILES string of the molecule is C[C@@H]1[C@H](CSc2ccccc2C(=O)O)O[C@H](c2ccc(-c3ccccc3CNC(=O)c3c(F)c(F)c(F)c(F)c3F)cc2)O[C@@H]1c1ccc(CO)cc1. The van der Waals surface area contributed by atoms with E-state index in [0.29, 0.717) is 32.9 Å². The summed E-state index contributed by atoms with van der Waals surface area (Å²) in [6.07, 6.45) is -1.60. The molecule has 0 spiro atoms. The lowest BCUT2D eigenvalue weighted by atomic mass is 9.91. The molecule has 0 saturated carbocycles. The number of thioether (sulfide) groups is 1. The molecular formula is C40H32F5NO6S. The summed E-state index contributed by atoms with van der Waals surface area (Å²) in [6.45, 7) is 1.60. The minimum Gasteiger partial charge on any atom is -0.478 e. The zero-order chi connectivity index (χ0) is 37.8. The monoisotopic (exact) mass is 749 g/mol. The number of hydrogen-bond donors (Lipinski definition) is 3. The maximum atomic E-state index is 14.2. The van der Waals surface area contributed by atoms with Gasteiger partial charge in [-0.1, -0.05) is 91.9 Å². The predicted molar refractivity (Wildman–Crippen MR) is 186 cm³/mol. The molecular weight excluding hydrogens is 717 g/mol. The molecule has 0 bridgehead atoms. The highest BCUT2D eigenvalue weighted by molar-refractivity contribution is 7.99. The first kappa shape index (κ1) is 37.7. The van der Waals surface area contributed by atoms with Crippen LogP contribution in [-0.4, -0.2) is 33.9 Å². The lowest BCUT2D eigenvalue weighted by Gasteiger charge is -2.41. The van der Waals surface area contributed by atoms with Crippen molar-refractivity contribution in [3.63, 3.8) is 0 Å². The zero-order valence-electron chi connectivity index (χ0n) is 28.0. The molecule has 0 aromatic heterocycles. The zero-order valence-corrected chi connectivity index (χ0v) is 28.8. The van der Waals surface area contributed by atoms with Crippen LogP contribution >= 0.6 is 11.8 Å². The average Bonchev–Trinajstić information content (AvgIpc) is 3.18. The van der Waals surface area contributed by atoms with Crippen molar-refractivity contribution in [2.24, 2.45) is 5.92 Å². The fraction of sp³-hybridized carbons (Fsp3) is 0.200. The van der Waals surface area contributed by atoms with E-state index in [1.165, 1.54) is 11.8 Å². The van der Waals surface area contributed by atoms with Crippen molar-refractivity contribution in [2.45, 2.75) is 43.5 Å². The van der Waals surface area contributed by atoms with Crippen LogP contribution in [0.2, 0.25) is 0 Å². The summed E-state index contributed by atoms with van der Waals surface area (Å²) in [5, 5.41) is 21.5. The van der Waals surface area contributed by atoms with E-state index >= 15 is 0 Å². The largest absolute Gasteiger partial charge is 0.478 e. The van der Waals surface area contributed by atoms with Gasteiger partial charge >= 0.3 is 5.97 Å². The molecule has 13 heteroatoms. The first-order chi connectivity index (χ1) is 25.5. The normalized spacial score (nSPS) is 18.5. The van der Waals surface area contributed by atoms with Crippen molar-refractivity contribution in [1.82, 2.24) is 5.32 Å². The fourth-order valence-corrected chi connectivity index (χ4v) is 7.31. The highest BCUT2D eigenvalue weighted by Gasteiger charge is 2.38. The van der Waals surface area contributed by atoms with Crippen LogP contribution in [0.4, 0.5) is 22.0 Å². The van der Waals surface area contributed by atoms with Crippen molar-refractivity contribution in [3.05, 3.63) is 160 Å². The van der Waals surface area contributed by atoms with Gasteiger partial charge in [-0.3, -0.25) is 4.79 Å². The quantitative estimate of drug-likeness (QED) is 0.0537. The van der Waals surface area contributed by atoms with Crippen molar-refractivity contribution in [2.75, 3.05) is 5.75 Å². The van der Waals surface area contributed by atoms with Gasteiger partial charge in [0.15, 0.2) is 29.6 Å². The van der Waals surface area contributed by atoms with E-state index < -0.39 is 58.9 Å². The number of carbonyl (C=O) groups is 2. The van der Waals surface area contributed by atoms with Crippen molar-refractivity contribution in [3.8, 4) is 11.1 Å². The number of ether oxygens (including phenoxy) is 2. The fourth-order valence-electron chi connectivity index (χ4n) is 6.09. The summed E-state index contributed by atoms with van der Waals surface area (Å²) in [5.74, 6) is -13.4. The summed E-state index contributed by atoms with van der Waals surface area (Å²) >= 11 is 1.38. The van der Waals surface area contributed by atoms with Crippen LogP contribution in [-0.2, 0) is 22.6 Å². The van der Waals surface area contributed by atoms with E-state index in [2.05, 4.69) is 5.32 Å². The molecule has 3 N–H and O–H groups in total. The van der Waals surface area contributed by atoms with Crippen LogP contribution < -0.4 is 5.32 Å². The van der Waals surface area contributed by atoms with Crippen molar-refractivity contribution in [1.29, 1.82) is 0 Å². The van der Waals surface area contributed by atoms with Crippen LogP contribution in [0.15, 0.2) is 102 Å². The maximum Gasteiger partial charge on any atom is 0.336 e. The minimum atomic E-state index is -2.35. The molecule has 7 nitrogen and oxygen atoms in total. The standard InChI is InChI=1S/C40H32F5NO6S/c1-21-29(20-53-30-9-5-4-8-28(30)39(49)50)51-40(52-37(21)24-12-10-22(19-47)11-13-24)25-16-14-23(15-17-25)27-7-3-2-6-26(27)18-46-38(48)31-32(41)34(43)36(45)35(44)33(31)42/h2-17,21,29,37,40,47H,18-20H2,1H3,(H,46,48)(H,49,50)/t21-,29+,37+,40+/m1/s1. The molecule has 1 aliphatic heterocycles. The Hall–Kier alpha value is -5.08. The molecule has 1 fully saturated rings. The summed E-state index contributed by atoms with van der Waals surface area (Å²) in [5.41, 5.74) is 2.74. The second-order valence-corrected chi connectivity index (χ2v) is 13.4. The Balaban J connectivity index is 1.23. The van der Waals surface area contributed by atoms with E-state index in [-0.39, 0.29) is 30.7 Å². The third-order valence-electron chi connectivity index (χ3n) is 9.03. The molecule has 1 amide bonds. The Morgan fingerprint density at radius 3 is 2.02 bits per heavy atom. The topological polar surface area (TPSA) is 105 Å². The number of carbonyl (C=O) groups excluding carboxylic acids is 1. The highest BCUT2D eigenvalue weighted by atomic mass is 32.2. The van der Waals surface area contributed by atoms with E-state index in [9.17, 15) is 41.8 Å². The van der Waals surface area contributed by atoms with Gasteiger partial charge < -0.3 is 25.0 Å². The Morgan fingerprint density at radius 2 is 1.36 bits per heavy atom. The summed E-state index contributed by atoms with van der Waals surface area (Å²) < 4.78 is 82.5. The number of nitrogens with one attached hydrogen (secondary N) is 1. The number of rotatable bonds is 11. The van der Waals surface area contributed by atoms with Crippen molar-refractivity contribution >= 4 is 23.6 Å². The second-order valence-electron chi connectivity index (χ2n) is 12.3. The summed E-state index contributed by atoms with van der Waals surface area (Å²) in [6, 6.07) is 28.2. The molecule has 6 rings (SSSR count). The Labute approximate surface area is 305 Å². The second kappa shape index (κ2) is 16.3. The van der Waals surface area contributed by atoms with Gasteiger partial charge in [0.25, 0.3) is 5.91 Å². The number of amides is 1. The smallest absolute Gasteiger partial charge is 0.336 e. The number of carboxylic acids is 1. The van der Waals surface area contributed by atoms with E-state index in [0.717, 1.165) is 11.1 Å². The molecule has 1 saturated heterocycles. The highest BCUT2D eigenvalue weighted by Crippen LogP contribution is 2.43. The first-order valence-corrected chi connectivity index (χ1v) is 17.4. The number of aliphatic hydroxyl groups excluding tert-OH is 1. The Bertz CT molecular complexity index is 2100. The van der Waals surface area contributed by atoms with Gasteiger partial charge in [-0.15, -0.1) is 11.8 Å². The van der Waals surface area contributed by atoms with Gasteiger partial charge in [0.1, 0.15) is 5.56 Å². The molecule has 4 atom stereocenters. The van der Waals surface area contributed by atoms with Gasteiger partial charge in [0.2, 0.25) is 5.82 Å². The molecule has 0 aliphatic carbocycles. The van der Waals surface area contributed by atoms with Crippen LogP contribution in [0, 0.1) is 35.0 Å². The third kappa shape index (κ3) is 7.98. The number of benzene rings is 5. The van der Waals surface area contributed by atoms with Gasteiger partial charge in [0.05, 0.1) is 24.4 Å². The molecule has 53 heavy (non-hydrogen) atoms. The number of hydrogen-bond acceptors (Lipinski definition) is 6. The molecule has 0 radical (unpaired) electrons. The Morgan fingerprint density at radius 1 is 0.755 bits per heavy atom. The van der Waals surface area contributed by atoms with E-state index in [1.54, 1.807) is 72.8 Å². The third-order valence-corrected chi connectivity index (χ3v) is 10.2. The first-order valence-electron chi connectivity index (χ1n) is 16.4. The van der Waals surface area contributed by atoms with E-state index in [4.69, 9.17) is 9.47 Å². The number of halogens is 5. The number of carboxylic acid groups (broad SMARTS) is 1. The molecule has 5 aromatic rings. The average molecular weight is 750 g/mol. The van der Waals surface area contributed by atoms with E-state index in [1.807, 2.05) is 31.2 Å². The van der Waals surface area contributed by atoms with Crippen LogP contribution in [0.1, 0.15) is 62.3 Å². The maximum absolute atomic E-state index is 14.2. The summed E-state index contributed by atoms with van der Waals surface area (Å²) in [4.78, 5) is 25.1. The lowest BCUT2D eigenvalue weighted by Crippen LogP contribution is -2.38. The number of aromatic carboxylic acids is 1. The van der Waals surface area contributed by atoms with Crippen molar-refractivity contribution < 1.29 is 51.2 Å². The molecule has 5 aromatic carbocycles. The molecule has 0 unspecified atom stereocenters. The van der Waals surface area contributed by atoms with Crippen LogP contribution in [0.25, 0.3) is 11.1 Å². The summed E-state index contributed by atoms with van der Waals surface area (Å²) in [7, 11) is 0. The predicted octanol–water partition coefficient (Wildman–Crippen LogP) is 8.75. The minimum absolute atomic E-state index is 0.109. The van der Waals surface area contributed by atoms with Gasteiger partial charge in [0, 0.05) is 28.7 Å². The molecule has 1 heterocycles. The van der Waals surface area contributed by atoms with Crippen LogP contribution in [0.5, 0.6) is 0 Å². The molecule has 1 aliphatic rings. The Kier molecular flexibility index (Phi) is 11.6. The van der Waals surface area contributed by atoms with Crippen LogP contribution in [0.3, 0.4) is 0 Å². The number of aliphatic hydroxyl groups is 1.